The average molecular weight is 348 g/mol. The van der Waals surface area contributed by atoms with Crippen LogP contribution >= 0.6 is 0 Å². The number of nitriles is 1. The Kier molecular flexibility index (Phi) is 4.29. The number of rotatable bonds is 4. The molecule has 2 atom stereocenters. The Balaban J connectivity index is 1.81. The first-order chi connectivity index (χ1) is 12.7. The largest absolute Gasteiger partial charge is 0.361 e. The fraction of sp³-hybridized carbons (Fsp3) is 0.429. The lowest BCUT2D eigenvalue weighted by Gasteiger charge is -2.41. The normalized spacial score (nSPS) is 21.8. The number of carbonyl (C=O) groups excluding carboxylic acids is 1. The van der Waals surface area contributed by atoms with Gasteiger partial charge in [0.1, 0.15) is 0 Å². The summed E-state index contributed by atoms with van der Waals surface area (Å²) in [6.45, 7) is 6.43. The quantitative estimate of drug-likeness (QED) is 0.864. The summed E-state index contributed by atoms with van der Waals surface area (Å²) in [6, 6.07) is 8.77. The van der Waals surface area contributed by atoms with E-state index in [0.717, 1.165) is 11.9 Å². The number of hydrogen-bond acceptors (Lipinski definition) is 3. The molecule has 134 valence electrons. The number of fused-ring (bicyclic) bond motifs is 2. The summed E-state index contributed by atoms with van der Waals surface area (Å²) in [7, 11) is 0. The second-order valence-corrected chi connectivity index (χ2v) is 7.09. The molecule has 0 bridgehead atoms. The fourth-order valence-electron chi connectivity index (χ4n) is 4.52. The number of benzene rings is 1. The number of H-pyrrole nitrogens is 1. The summed E-state index contributed by atoms with van der Waals surface area (Å²) in [6.07, 6.45) is 5.14. The lowest BCUT2D eigenvalue weighted by atomic mass is 9.79. The molecule has 26 heavy (non-hydrogen) atoms. The Morgan fingerprint density at radius 3 is 2.92 bits per heavy atom. The third-order valence-electron chi connectivity index (χ3n) is 5.79. The van der Waals surface area contributed by atoms with Crippen molar-refractivity contribution in [1.29, 1.82) is 5.26 Å². The topological polar surface area (TPSA) is 63.1 Å². The van der Waals surface area contributed by atoms with Crippen LogP contribution in [-0.2, 0) is 11.2 Å². The Hall–Kier alpha value is -2.58. The van der Waals surface area contributed by atoms with Crippen LogP contribution in [0.5, 0.6) is 0 Å². The minimum absolute atomic E-state index is 0.163. The van der Waals surface area contributed by atoms with Crippen LogP contribution in [0.25, 0.3) is 16.5 Å². The lowest BCUT2D eigenvalue weighted by molar-refractivity contribution is -0.134. The molecule has 5 heteroatoms. The van der Waals surface area contributed by atoms with Crippen molar-refractivity contribution in [3.05, 3.63) is 41.6 Å². The van der Waals surface area contributed by atoms with E-state index in [-0.39, 0.29) is 17.9 Å². The first kappa shape index (κ1) is 16.9. The molecule has 1 aliphatic carbocycles. The minimum Gasteiger partial charge on any atom is -0.361 e. The van der Waals surface area contributed by atoms with Gasteiger partial charge >= 0.3 is 0 Å². The van der Waals surface area contributed by atoms with Crippen LogP contribution in [0, 0.1) is 17.2 Å². The zero-order valence-electron chi connectivity index (χ0n) is 15.3. The zero-order valence-corrected chi connectivity index (χ0v) is 15.3. The predicted octanol–water partition coefficient (Wildman–Crippen LogP) is 2.80. The lowest BCUT2D eigenvalue weighted by Crippen LogP contribution is -2.49. The Morgan fingerprint density at radius 2 is 2.19 bits per heavy atom. The number of nitrogens with zero attached hydrogens (tertiary/aromatic N) is 3. The first-order valence-corrected chi connectivity index (χ1v) is 9.38. The van der Waals surface area contributed by atoms with Gasteiger partial charge in [0.25, 0.3) is 0 Å². The molecule has 1 amide bonds. The van der Waals surface area contributed by atoms with Crippen LogP contribution < -0.4 is 0 Å². The van der Waals surface area contributed by atoms with Crippen molar-refractivity contribution in [2.45, 2.75) is 26.3 Å². The second kappa shape index (κ2) is 6.62. The highest BCUT2D eigenvalue weighted by Gasteiger charge is 2.37. The van der Waals surface area contributed by atoms with Crippen LogP contribution in [0.1, 0.15) is 25.0 Å². The standard InChI is InChI=1S/C21H24N4O/c1-3-24(4-2)21(26)15-10-17-16-6-5-7-18-20(16)14(12-23-18)11-19(17)25(13-15)9-8-22/h5-7,10,12,15,19,23H,3-4,9,11,13H2,1-2H3/t15-,19-/m1/s1. The van der Waals surface area contributed by atoms with Gasteiger partial charge in [0, 0.05) is 42.8 Å². The third-order valence-corrected chi connectivity index (χ3v) is 5.79. The monoisotopic (exact) mass is 348 g/mol. The summed E-state index contributed by atoms with van der Waals surface area (Å²) in [5.74, 6) is -0.0267. The third kappa shape index (κ3) is 2.53. The van der Waals surface area contributed by atoms with Crippen molar-refractivity contribution in [3.63, 3.8) is 0 Å². The number of aromatic amines is 1. The van der Waals surface area contributed by atoms with E-state index >= 15 is 0 Å². The van der Waals surface area contributed by atoms with Crippen LogP contribution in [0.15, 0.2) is 30.5 Å². The van der Waals surface area contributed by atoms with Gasteiger partial charge in [-0.3, -0.25) is 9.69 Å². The number of amides is 1. The van der Waals surface area contributed by atoms with Crippen molar-refractivity contribution in [3.8, 4) is 6.07 Å². The molecule has 2 aliphatic rings. The highest BCUT2D eigenvalue weighted by atomic mass is 16.2. The number of aromatic nitrogens is 1. The smallest absolute Gasteiger partial charge is 0.230 e. The maximum absolute atomic E-state index is 13.0. The van der Waals surface area contributed by atoms with Gasteiger partial charge in [-0.05, 0) is 43.0 Å². The molecule has 2 aromatic rings. The molecular weight excluding hydrogens is 324 g/mol. The molecule has 0 unspecified atom stereocenters. The zero-order chi connectivity index (χ0) is 18.3. The molecule has 1 N–H and O–H groups in total. The van der Waals surface area contributed by atoms with E-state index in [1.165, 1.54) is 22.1 Å². The van der Waals surface area contributed by atoms with Crippen molar-refractivity contribution >= 4 is 22.4 Å². The highest BCUT2D eigenvalue weighted by molar-refractivity contribution is 5.99. The Labute approximate surface area is 153 Å². The molecule has 0 fully saturated rings. The first-order valence-electron chi connectivity index (χ1n) is 9.38. The molecule has 5 nitrogen and oxygen atoms in total. The van der Waals surface area contributed by atoms with E-state index in [9.17, 15) is 10.1 Å². The van der Waals surface area contributed by atoms with Crippen molar-refractivity contribution in [2.75, 3.05) is 26.2 Å². The van der Waals surface area contributed by atoms with Crippen molar-refractivity contribution in [1.82, 2.24) is 14.8 Å². The molecule has 2 heterocycles. The number of hydrogen-bond donors (Lipinski definition) is 1. The minimum atomic E-state index is -0.190. The number of carbonyl (C=O) groups is 1. The number of nitrogens with one attached hydrogen (secondary N) is 1. The van der Waals surface area contributed by atoms with Crippen molar-refractivity contribution < 1.29 is 4.79 Å². The van der Waals surface area contributed by atoms with Gasteiger partial charge in [0.15, 0.2) is 0 Å². The van der Waals surface area contributed by atoms with Crippen LogP contribution in [0.3, 0.4) is 0 Å². The van der Waals surface area contributed by atoms with Gasteiger partial charge in [0.05, 0.1) is 18.5 Å². The Bertz CT molecular complexity index is 916. The molecule has 0 spiro atoms. The van der Waals surface area contributed by atoms with Gasteiger partial charge in [-0.1, -0.05) is 18.2 Å². The SMILES string of the molecule is CCN(CC)C(=O)[C@@H]1C=C2c3cccc4[nH]cc(c34)C[C@H]2N(CC#N)C1. The highest BCUT2D eigenvalue weighted by Crippen LogP contribution is 2.41. The molecule has 0 saturated heterocycles. The molecule has 1 aromatic carbocycles. The van der Waals surface area contributed by atoms with E-state index in [0.29, 0.717) is 26.2 Å². The van der Waals surface area contributed by atoms with E-state index in [1.807, 2.05) is 18.7 Å². The summed E-state index contributed by atoms with van der Waals surface area (Å²) in [5, 5.41) is 10.6. The van der Waals surface area contributed by atoms with Gasteiger partial charge in [-0.2, -0.15) is 5.26 Å². The molecule has 1 aromatic heterocycles. The van der Waals surface area contributed by atoms with E-state index < -0.39 is 0 Å². The molecular formula is C21H24N4O. The predicted molar refractivity (Wildman–Crippen MR) is 102 cm³/mol. The van der Waals surface area contributed by atoms with Crippen LogP contribution in [-0.4, -0.2) is 52.9 Å². The van der Waals surface area contributed by atoms with Gasteiger partial charge in [-0.25, -0.2) is 0 Å². The Morgan fingerprint density at radius 1 is 1.38 bits per heavy atom. The van der Waals surface area contributed by atoms with Crippen LogP contribution in [0.2, 0.25) is 0 Å². The van der Waals surface area contributed by atoms with Gasteiger partial charge in [0.2, 0.25) is 5.91 Å². The van der Waals surface area contributed by atoms with E-state index in [2.05, 4.69) is 46.4 Å². The maximum atomic E-state index is 13.0. The van der Waals surface area contributed by atoms with E-state index in [1.54, 1.807) is 0 Å². The average Bonchev–Trinajstić information content (AvgIpc) is 3.08. The summed E-state index contributed by atoms with van der Waals surface area (Å²) < 4.78 is 0. The maximum Gasteiger partial charge on any atom is 0.230 e. The van der Waals surface area contributed by atoms with Crippen LogP contribution in [0.4, 0.5) is 0 Å². The second-order valence-electron chi connectivity index (χ2n) is 7.09. The van der Waals surface area contributed by atoms with Gasteiger partial charge in [-0.15, -0.1) is 0 Å². The van der Waals surface area contributed by atoms with E-state index in [4.69, 9.17) is 0 Å². The fourth-order valence-corrected chi connectivity index (χ4v) is 4.52. The summed E-state index contributed by atoms with van der Waals surface area (Å²) in [5.41, 5.74) is 4.85. The summed E-state index contributed by atoms with van der Waals surface area (Å²) >= 11 is 0. The molecule has 0 radical (unpaired) electrons. The van der Waals surface area contributed by atoms with Gasteiger partial charge < -0.3 is 9.88 Å². The molecule has 4 rings (SSSR count). The molecule has 0 saturated carbocycles. The van der Waals surface area contributed by atoms with Crippen molar-refractivity contribution in [2.24, 2.45) is 5.92 Å². The molecule has 1 aliphatic heterocycles. The summed E-state index contributed by atoms with van der Waals surface area (Å²) in [4.78, 5) is 20.4.